The van der Waals surface area contributed by atoms with Gasteiger partial charge in [-0.25, -0.2) is 4.98 Å². The Hall–Kier alpha value is -0.850. The van der Waals surface area contributed by atoms with Crippen molar-refractivity contribution in [1.82, 2.24) is 10.3 Å². The molecule has 0 unspecified atom stereocenters. The molecule has 0 fully saturated rings. The van der Waals surface area contributed by atoms with Crippen molar-refractivity contribution in [1.29, 1.82) is 0 Å². The number of nitrogens with zero attached hydrogens (tertiary/aromatic N) is 1. The van der Waals surface area contributed by atoms with Crippen molar-refractivity contribution in [3.05, 3.63) is 28.2 Å². The molecule has 4 nitrogen and oxygen atoms in total. The zero-order valence-corrected chi connectivity index (χ0v) is 13.7. The lowest BCUT2D eigenvalue weighted by atomic mass is 10.4. The van der Waals surface area contributed by atoms with Gasteiger partial charge in [-0.05, 0) is 13.8 Å². The summed E-state index contributed by atoms with van der Waals surface area (Å²) in [6.45, 7) is 9.31. The molecule has 0 aliphatic heterocycles. The molecule has 0 atom stereocenters. The number of hydrogen-bond acceptors (Lipinski definition) is 5. The van der Waals surface area contributed by atoms with E-state index in [1.807, 2.05) is 13.8 Å². The molecule has 0 spiro atoms. The Kier molecular flexibility index (Phi) is 8.57. The van der Waals surface area contributed by atoms with Gasteiger partial charge in [0.25, 0.3) is 0 Å². The molecule has 1 aromatic rings. The summed E-state index contributed by atoms with van der Waals surface area (Å²) in [5.41, 5.74) is 2.09. The summed E-state index contributed by atoms with van der Waals surface area (Å²) in [6.07, 6.45) is 0.536. The molecule has 0 saturated carbocycles. The minimum Gasteiger partial charge on any atom is -0.375 e. The molecule has 0 radical (unpaired) electrons. The highest BCUT2D eigenvalue weighted by atomic mass is 32.2. The Morgan fingerprint density at radius 3 is 3.05 bits per heavy atom. The van der Waals surface area contributed by atoms with Crippen LogP contribution in [0.1, 0.15) is 24.0 Å². The van der Waals surface area contributed by atoms with E-state index in [1.165, 1.54) is 0 Å². The fraction of sp³-hybridized carbons (Fsp3) is 0.571. The summed E-state index contributed by atoms with van der Waals surface area (Å²) in [7, 11) is 0. The second-order valence-corrected chi connectivity index (χ2v) is 6.69. The Balaban J connectivity index is 1.96. The normalized spacial score (nSPS) is 10.5. The van der Waals surface area contributed by atoms with Crippen LogP contribution in [0.15, 0.2) is 17.5 Å². The third-order valence-electron chi connectivity index (χ3n) is 2.31. The van der Waals surface area contributed by atoms with Crippen LogP contribution in [-0.2, 0) is 15.3 Å². The van der Waals surface area contributed by atoms with Crippen LogP contribution in [0.5, 0.6) is 0 Å². The number of amides is 1. The van der Waals surface area contributed by atoms with Crippen LogP contribution >= 0.6 is 23.1 Å². The number of rotatable bonds is 10. The van der Waals surface area contributed by atoms with Crippen molar-refractivity contribution in [2.75, 3.05) is 25.5 Å². The van der Waals surface area contributed by atoms with Crippen LogP contribution in [0, 0.1) is 6.92 Å². The van der Waals surface area contributed by atoms with Crippen LogP contribution in [0.3, 0.4) is 0 Å². The van der Waals surface area contributed by atoms with Gasteiger partial charge in [0.15, 0.2) is 0 Å². The number of nitrogens with one attached hydrogen (secondary N) is 1. The molecular formula is C14H22N2O2S2. The maximum Gasteiger partial charge on any atom is 0.220 e. The van der Waals surface area contributed by atoms with E-state index in [1.54, 1.807) is 23.1 Å². The van der Waals surface area contributed by atoms with Crippen LogP contribution in [0.2, 0.25) is 0 Å². The average molecular weight is 314 g/mol. The Labute approximate surface area is 129 Å². The van der Waals surface area contributed by atoms with Crippen molar-refractivity contribution in [3.8, 4) is 0 Å². The van der Waals surface area contributed by atoms with Crippen LogP contribution in [-0.4, -0.2) is 36.4 Å². The van der Waals surface area contributed by atoms with Crippen molar-refractivity contribution in [2.45, 2.75) is 26.0 Å². The molecule has 0 saturated heterocycles. The van der Waals surface area contributed by atoms with Gasteiger partial charge in [-0.1, -0.05) is 12.2 Å². The van der Waals surface area contributed by atoms with E-state index in [2.05, 4.69) is 22.3 Å². The lowest BCUT2D eigenvalue weighted by Crippen LogP contribution is -2.27. The molecule has 0 aliphatic carbocycles. The monoisotopic (exact) mass is 314 g/mol. The quantitative estimate of drug-likeness (QED) is 0.533. The maximum atomic E-state index is 11.5. The molecule has 1 amide bonds. The van der Waals surface area contributed by atoms with Crippen LogP contribution in [0.4, 0.5) is 0 Å². The Morgan fingerprint density at radius 2 is 2.40 bits per heavy atom. The first-order chi connectivity index (χ1) is 9.58. The maximum absolute atomic E-state index is 11.5. The summed E-state index contributed by atoms with van der Waals surface area (Å²) in [5, 5.41) is 6.00. The van der Waals surface area contributed by atoms with E-state index in [0.717, 1.165) is 27.8 Å². The summed E-state index contributed by atoms with van der Waals surface area (Å²) >= 11 is 3.40. The van der Waals surface area contributed by atoms with Gasteiger partial charge in [0, 0.05) is 29.9 Å². The molecule has 1 heterocycles. The fourth-order valence-corrected chi connectivity index (χ4v) is 2.96. The van der Waals surface area contributed by atoms with Gasteiger partial charge in [0.05, 0.1) is 23.9 Å². The smallest absolute Gasteiger partial charge is 0.220 e. The SMILES string of the molecule is C=C(C)COCCNC(=O)CCSCc1csc(C)n1. The lowest BCUT2D eigenvalue weighted by Gasteiger charge is -2.06. The van der Waals surface area contributed by atoms with Crippen molar-refractivity contribution >= 4 is 29.0 Å². The minimum atomic E-state index is 0.0749. The molecule has 0 bridgehead atoms. The summed E-state index contributed by atoms with van der Waals surface area (Å²) < 4.78 is 5.30. The molecule has 1 rings (SSSR count). The van der Waals surface area contributed by atoms with Gasteiger partial charge in [-0.15, -0.1) is 11.3 Å². The molecule has 6 heteroatoms. The predicted octanol–water partition coefficient (Wildman–Crippen LogP) is 2.78. The van der Waals surface area contributed by atoms with Crippen molar-refractivity contribution < 1.29 is 9.53 Å². The third kappa shape index (κ3) is 8.35. The number of thiazole rings is 1. The number of carbonyl (C=O) groups excluding carboxylic acids is 1. The summed E-state index contributed by atoms with van der Waals surface area (Å²) in [5.74, 6) is 1.76. The van der Waals surface area contributed by atoms with Gasteiger partial charge >= 0.3 is 0 Å². The molecule has 1 N–H and O–H groups in total. The first-order valence-corrected chi connectivity index (χ1v) is 8.59. The van der Waals surface area contributed by atoms with E-state index in [0.29, 0.717) is 26.2 Å². The van der Waals surface area contributed by atoms with Crippen molar-refractivity contribution in [2.24, 2.45) is 0 Å². The number of hydrogen-bond donors (Lipinski definition) is 1. The number of thioether (sulfide) groups is 1. The molecule has 112 valence electrons. The third-order valence-corrected chi connectivity index (χ3v) is 4.12. The first-order valence-electron chi connectivity index (χ1n) is 6.55. The van der Waals surface area contributed by atoms with Gasteiger partial charge in [0.2, 0.25) is 5.91 Å². The van der Waals surface area contributed by atoms with E-state index < -0.39 is 0 Å². The second-order valence-electron chi connectivity index (χ2n) is 4.52. The average Bonchev–Trinajstić information content (AvgIpc) is 2.80. The summed E-state index contributed by atoms with van der Waals surface area (Å²) in [4.78, 5) is 15.9. The highest BCUT2D eigenvalue weighted by Crippen LogP contribution is 2.15. The number of carbonyl (C=O) groups is 1. The van der Waals surface area contributed by atoms with E-state index >= 15 is 0 Å². The number of aromatic nitrogens is 1. The second kappa shape index (κ2) is 9.96. The van der Waals surface area contributed by atoms with Gasteiger partial charge in [-0.3, -0.25) is 4.79 Å². The van der Waals surface area contributed by atoms with E-state index in [4.69, 9.17) is 4.74 Å². The molecule has 20 heavy (non-hydrogen) atoms. The molecule has 1 aromatic heterocycles. The van der Waals surface area contributed by atoms with Gasteiger partial charge in [-0.2, -0.15) is 11.8 Å². The highest BCUT2D eigenvalue weighted by molar-refractivity contribution is 7.98. The minimum absolute atomic E-state index is 0.0749. The number of ether oxygens (including phenoxy) is 1. The van der Waals surface area contributed by atoms with Gasteiger partial charge in [0.1, 0.15) is 0 Å². The van der Waals surface area contributed by atoms with Crippen LogP contribution in [0.25, 0.3) is 0 Å². The van der Waals surface area contributed by atoms with E-state index in [-0.39, 0.29) is 5.91 Å². The predicted molar refractivity (Wildman–Crippen MR) is 86.3 cm³/mol. The van der Waals surface area contributed by atoms with E-state index in [9.17, 15) is 4.79 Å². The van der Waals surface area contributed by atoms with Crippen molar-refractivity contribution in [3.63, 3.8) is 0 Å². The van der Waals surface area contributed by atoms with Crippen LogP contribution < -0.4 is 5.32 Å². The topological polar surface area (TPSA) is 51.2 Å². The van der Waals surface area contributed by atoms with Gasteiger partial charge < -0.3 is 10.1 Å². The lowest BCUT2D eigenvalue weighted by molar-refractivity contribution is -0.120. The molecular weight excluding hydrogens is 292 g/mol. The summed E-state index contributed by atoms with van der Waals surface area (Å²) in [6, 6.07) is 0. The zero-order chi connectivity index (χ0) is 14.8. The largest absolute Gasteiger partial charge is 0.375 e. The molecule has 0 aliphatic rings. The Bertz CT molecular complexity index is 433. The fourth-order valence-electron chi connectivity index (χ4n) is 1.41. The number of aryl methyl sites for hydroxylation is 1. The Morgan fingerprint density at radius 1 is 1.60 bits per heavy atom. The standard InChI is InChI=1S/C14H22N2O2S2/c1-11(2)8-18-6-5-15-14(17)4-7-19-9-13-10-20-12(3)16-13/h10H,1,4-9H2,2-3H3,(H,15,17). The molecule has 0 aromatic carbocycles. The first kappa shape index (κ1) is 17.2. The highest BCUT2D eigenvalue weighted by Gasteiger charge is 2.02. The zero-order valence-electron chi connectivity index (χ0n) is 12.1.